The largest absolute Gasteiger partial charge is 0.454 e. The molecule has 0 unspecified atom stereocenters. The number of ether oxygens (including phenoxy) is 3. The molecule has 202 valence electrons. The van der Waals surface area contributed by atoms with Crippen LogP contribution in [0.15, 0.2) is 78.9 Å². The number of imide groups is 1. The molecule has 0 aromatic heterocycles. The number of rotatable bonds is 2. The summed E-state index contributed by atoms with van der Waals surface area (Å²) in [5, 5.41) is 1.93. The van der Waals surface area contributed by atoms with E-state index in [4.69, 9.17) is 14.2 Å². The quantitative estimate of drug-likeness (QED) is 0.183. The van der Waals surface area contributed by atoms with Gasteiger partial charge in [-0.05, 0) is 77.2 Å². The summed E-state index contributed by atoms with van der Waals surface area (Å²) in [7, 11) is 0. The number of carbonyl (C=O) groups excluding carboxylic acids is 3. The second kappa shape index (κ2) is 8.54. The molecule has 0 saturated carbocycles. The van der Waals surface area contributed by atoms with Crippen LogP contribution in [0.4, 0.5) is 5.69 Å². The van der Waals surface area contributed by atoms with Gasteiger partial charge in [-0.2, -0.15) is 0 Å². The van der Waals surface area contributed by atoms with Gasteiger partial charge < -0.3 is 14.2 Å². The number of aryl methyl sites for hydroxylation is 2. The molecule has 2 amide bonds. The van der Waals surface area contributed by atoms with Crippen molar-refractivity contribution in [3.05, 3.63) is 101 Å². The number of allylic oxidation sites excluding steroid dienone is 1. The number of carbonyl (C=O) groups is 3. The van der Waals surface area contributed by atoms with Crippen molar-refractivity contribution in [3.8, 4) is 17.2 Å². The number of esters is 1. The first kappa shape index (κ1) is 23.9. The molecule has 4 aliphatic rings. The van der Waals surface area contributed by atoms with Crippen LogP contribution in [0.25, 0.3) is 16.3 Å². The van der Waals surface area contributed by atoms with E-state index < -0.39 is 29.6 Å². The number of amides is 2. The molecular weight excluding hydrogens is 518 g/mol. The average molecular weight is 544 g/mol. The molecule has 4 atom stereocenters. The fourth-order valence-electron chi connectivity index (χ4n) is 6.90. The van der Waals surface area contributed by atoms with E-state index in [1.165, 1.54) is 4.90 Å². The molecule has 7 nitrogen and oxygen atoms in total. The minimum Gasteiger partial charge on any atom is -0.454 e. The number of nitrogens with zero attached hydrogens (tertiary/aromatic N) is 1. The first-order valence-electron chi connectivity index (χ1n) is 13.7. The fraction of sp³-hybridized carbons (Fsp3) is 0.206. The third kappa shape index (κ3) is 3.35. The Balaban J connectivity index is 1.36. The third-order valence-electron chi connectivity index (χ3n) is 9.01. The van der Waals surface area contributed by atoms with Crippen molar-refractivity contribution in [2.75, 3.05) is 11.7 Å². The van der Waals surface area contributed by atoms with Crippen molar-refractivity contribution in [3.63, 3.8) is 0 Å². The Labute approximate surface area is 235 Å². The van der Waals surface area contributed by atoms with Gasteiger partial charge in [0.25, 0.3) is 0 Å². The van der Waals surface area contributed by atoms with Crippen molar-refractivity contribution in [1.29, 1.82) is 0 Å². The Morgan fingerprint density at radius 2 is 1.54 bits per heavy atom. The lowest BCUT2D eigenvalue weighted by molar-refractivity contribution is -0.142. The van der Waals surface area contributed by atoms with Crippen molar-refractivity contribution in [2.24, 2.45) is 17.8 Å². The van der Waals surface area contributed by atoms with Crippen molar-refractivity contribution in [2.45, 2.75) is 19.8 Å². The molecule has 0 bridgehead atoms. The van der Waals surface area contributed by atoms with Gasteiger partial charge in [0.2, 0.25) is 18.6 Å². The summed E-state index contributed by atoms with van der Waals surface area (Å²) in [5.41, 5.74) is 4.88. The van der Waals surface area contributed by atoms with E-state index in [-0.39, 0.29) is 18.6 Å². The third-order valence-corrected chi connectivity index (χ3v) is 9.01. The minimum atomic E-state index is -0.917. The van der Waals surface area contributed by atoms with Gasteiger partial charge in [-0.1, -0.05) is 48.5 Å². The highest BCUT2D eigenvalue weighted by Gasteiger charge is 2.60. The standard InChI is InChI=1S/C34H25NO6/c1-17-7-10-21(13-18(17)2)35-32(36)29-23(20-9-11-25-27(14-20)40-16-39-25)15-24-28-22-6-4-3-5-19(22)8-12-26(28)41-34(38)30(24)31(29)33(35)37/h3-15,23,29-31H,16H2,1-2H3/t23-,29+,30-,31+/m1/s1. The molecular formula is C34H25NO6. The predicted molar refractivity (Wildman–Crippen MR) is 152 cm³/mol. The van der Waals surface area contributed by atoms with Gasteiger partial charge in [-0.25, -0.2) is 4.90 Å². The number of benzene rings is 4. The molecule has 0 spiro atoms. The monoisotopic (exact) mass is 543 g/mol. The lowest BCUT2D eigenvalue weighted by atomic mass is 9.64. The molecule has 1 aliphatic carbocycles. The highest BCUT2D eigenvalue weighted by atomic mass is 16.7. The van der Waals surface area contributed by atoms with E-state index in [1.807, 2.05) is 80.6 Å². The Kier molecular flexibility index (Phi) is 4.99. The zero-order valence-corrected chi connectivity index (χ0v) is 22.4. The van der Waals surface area contributed by atoms with Crippen molar-refractivity contribution in [1.82, 2.24) is 0 Å². The van der Waals surface area contributed by atoms with E-state index in [0.717, 1.165) is 38.6 Å². The first-order chi connectivity index (χ1) is 19.9. The van der Waals surface area contributed by atoms with Crippen LogP contribution in [0.2, 0.25) is 0 Å². The summed E-state index contributed by atoms with van der Waals surface area (Å²) in [4.78, 5) is 43.5. The Hall–Kier alpha value is -4.91. The maximum atomic E-state index is 14.3. The second-order valence-corrected chi connectivity index (χ2v) is 11.2. The van der Waals surface area contributed by atoms with Crippen LogP contribution in [0.1, 0.15) is 28.2 Å². The van der Waals surface area contributed by atoms with Crippen LogP contribution >= 0.6 is 0 Å². The lowest BCUT2D eigenvalue weighted by Crippen LogP contribution is -2.42. The normalized spacial score (nSPS) is 24.1. The highest BCUT2D eigenvalue weighted by Crippen LogP contribution is 2.56. The van der Waals surface area contributed by atoms with Gasteiger partial charge in [0.15, 0.2) is 11.5 Å². The fourth-order valence-corrected chi connectivity index (χ4v) is 6.90. The smallest absolute Gasteiger partial charge is 0.319 e. The Bertz CT molecular complexity index is 1870. The second-order valence-electron chi connectivity index (χ2n) is 11.2. The number of anilines is 1. The van der Waals surface area contributed by atoms with Crippen LogP contribution in [0.5, 0.6) is 17.2 Å². The van der Waals surface area contributed by atoms with E-state index in [1.54, 1.807) is 12.1 Å². The maximum absolute atomic E-state index is 14.3. The van der Waals surface area contributed by atoms with Gasteiger partial charge in [0.05, 0.1) is 23.4 Å². The van der Waals surface area contributed by atoms with Crippen LogP contribution in [0, 0.1) is 31.6 Å². The summed E-state index contributed by atoms with van der Waals surface area (Å²) < 4.78 is 17.1. The average Bonchev–Trinajstić information content (AvgIpc) is 3.55. The highest BCUT2D eigenvalue weighted by molar-refractivity contribution is 6.25. The molecule has 3 heterocycles. The van der Waals surface area contributed by atoms with Crippen LogP contribution in [-0.4, -0.2) is 24.6 Å². The maximum Gasteiger partial charge on any atom is 0.319 e. The molecule has 41 heavy (non-hydrogen) atoms. The minimum absolute atomic E-state index is 0.127. The summed E-state index contributed by atoms with van der Waals surface area (Å²) in [6, 6.07) is 22.8. The molecule has 1 saturated heterocycles. The van der Waals surface area contributed by atoms with Crippen LogP contribution < -0.4 is 19.1 Å². The summed E-state index contributed by atoms with van der Waals surface area (Å²) in [6.07, 6.45) is 2.00. The van der Waals surface area contributed by atoms with Gasteiger partial charge in [0.1, 0.15) is 5.75 Å². The molecule has 3 aliphatic heterocycles. The zero-order chi connectivity index (χ0) is 28.0. The Morgan fingerprint density at radius 1 is 0.756 bits per heavy atom. The lowest BCUT2D eigenvalue weighted by Gasteiger charge is -2.38. The first-order valence-corrected chi connectivity index (χ1v) is 13.7. The number of hydrogen-bond acceptors (Lipinski definition) is 6. The zero-order valence-electron chi connectivity index (χ0n) is 22.4. The molecule has 0 N–H and O–H groups in total. The SMILES string of the molecule is Cc1ccc(N2C(=O)[C@@H]3[C@@H]4C(=O)Oc5ccc6ccccc6c5C4=C[C@H](c4ccc5c(c4)OCO5)[C@@H]3C2=O)cc1C. The van der Waals surface area contributed by atoms with Gasteiger partial charge >= 0.3 is 5.97 Å². The topological polar surface area (TPSA) is 82.1 Å². The molecule has 8 rings (SSSR count). The Morgan fingerprint density at radius 3 is 2.39 bits per heavy atom. The van der Waals surface area contributed by atoms with Gasteiger partial charge in [0, 0.05) is 11.5 Å². The summed E-state index contributed by atoms with van der Waals surface area (Å²) in [5.74, 6) is -2.62. The number of fused-ring (bicyclic) bond motifs is 8. The predicted octanol–water partition coefficient (Wildman–Crippen LogP) is 5.71. The van der Waals surface area contributed by atoms with E-state index in [9.17, 15) is 14.4 Å². The molecule has 4 aromatic carbocycles. The number of hydrogen-bond donors (Lipinski definition) is 0. The van der Waals surface area contributed by atoms with Crippen molar-refractivity contribution >= 4 is 39.8 Å². The molecule has 4 aromatic rings. The van der Waals surface area contributed by atoms with E-state index in [2.05, 4.69) is 0 Å². The summed E-state index contributed by atoms with van der Waals surface area (Å²) in [6.45, 7) is 4.06. The van der Waals surface area contributed by atoms with E-state index >= 15 is 0 Å². The molecule has 7 heteroatoms. The summed E-state index contributed by atoms with van der Waals surface area (Å²) >= 11 is 0. The van der Waals surface area contributed by atoms with Crippen LogP contribution in [0.3, 0.4) is 0 Å². The molecule has 0 radical (unpaired) electrons. The van der Waals surface area contributed by atoms with E-state index in [0.29, 0.717) is 22.9 Å². The van der Waals surface area contributed by atoms with Gasteiger partial charge in [-0.3, -0.25) is 14.4 Å². The van der Waals surface area contributed by atoms with Crippen LogP contribution in [-0.2, 0) is 14.4 Å². The van der Waals surface area contributed by atoms with Gasteiger partial charge in [-0.15, -0.1) is 0 Å². The molecule has 1 fully saturated rings. The van der Waals surface area contributed by atoms with Crippen molar-refractivity contribution < 1.29 is 28.6 Å².